The molecule has 2 nitrogen and oxygen atoms in total. The largest absolute Gasteiger partial charge is 0.392 e. The highest BCUT2D eigenvalue weighted by molar-refractivity contribution is 4.75. The normalized spacial score (nSPS) is 31.6. The van der Waals surface area contributed by atoms with E-state index in [4.69, 9.17) is 0 Å². The summed E-state index contributed by atoms with van der Waals surface area (Å²) in [5.74, 6) is 1.01. The Morgan fingerprint density at radius 3 is 2.62 bits per heavy atom. The Kier molecular flexibility index (Phi) is 3.23. The predicted molar refractivity (Wildman–Crippen MR) is 53.6 cm³/mol. The molecular formula is C11H21NO. The fraction of sp³-hybridized carbons (Fsp3) is 1.00. The van der Waals surface area contributed by atoms with Gasteiger partial charge < -0.3 is 10.0 Å². The molecule has 1 saturated carbocycles. The summed E-state index contributed by atoms with van der Waals surface area (Å²) in [6, 6.07) is 0. The summed E-state index contributed by atoms with van der Waals surface area (Å²) in [6.07, 6.45) is 7.88. The van der Waals surface area contributed by atoms with Gasteiger partial charge in [-0.15, -0.1) is 0 Å². The molecule has 1 N–H and O–H groups in total. The van der Waals surface area contributed by atoms with Gasteiger partial charge in [0.05, 0.1) is 6.10 Å². The van der Waals surface area contributed by atoms with E-state index in [1.54, 1.807) is 0 Å². The van der Waals surface area contributed by atoms with Crippen LogP contribution in [0.2, 0.25) is 0 Å². The van der Waals surface area contributed by atoms with Gasteiger partial charge in [-0.05, 0) is 38.3 Å². The minimum atomic E-state index is -0.0462. The third kappa shape index (κ3) is 2.68. The van der Waals surface area contributed by atoms with E-state index < -0.39 is 0 Å². The molecule has 0 amide bonds. The zero-order valence-electron chi connectivity index (χ0n) is 8.41. The molecule has 1 aliphatic heterocycles. The molecule has 1 heterocycles. The van der Waals surface area contributed by atoms with Crippen LogP contribution in [0.25, 0.3) is 0 Å². The Balaban J connectivity index is 1.62. The molecule has 1 atom stereocenters. The van der Waals surface area contributed by atoms with Crippen LogP contribution in [0, 0.1) is 5.92 Å². The van der Waals surface area contributed by atoms with Gasteiger partial charge >= 0.3 is 0 Å². The van der Waals surface area contributed by atoms with E-state index in [9.17, 15) is 5.11 Å². The number of hydrogen-bond acceptors (Lipinski definition) is 2. The van der Waals surface area contributed by atoms with Crippen LogP contribution >= 0.6 is 0 Å². The number of aliphatic hydroxyl groups excluding tert-OH is 1. The minimum Gasteiger partial charge on any atom is -0.392 e. The third-order valence-electron chi connectivity index (χ3n) is 3.56. The van der Waals surface area contributed by atoms with E-state index in [-0.39, 0.29) is 6.10 Å². The van der Waals surface area contributed by atoms with Gasteiger partial charge in [-0.25, -0.2) is 0 Å². The molecule has 2 heteroatoms. The Morgan fingerprint density at radius 1 is 1.15 bits per heavy atom. The second-order valence-corrected chi connectivity index (χ2v) is 4.68. The summed E-state index contributed by atoms with van der Waals surface area (Å²) < 4.78 is 0. The number of rotatable bonds is 3. The fourth-order valence-corrected chi connectivity index (χ4v) is 2.38. The highest BCUT2D eigenvalue weighted by Crippen LogP contribution is 2.29. The summed E-state index contributed by atoms with van der Waals surface area (Å²) in [6.45, 7) is 3.36. The predicted octanol–water partition coefficient (Wildman–Crippen LogP) is 1.63. The minimum absolute atomic E-state index is 0.0462. The Bertz CT molecular complexity index is 156. The van der Waals surface area contributed by atoms with Crippen LogP contribution in [-0.2, 0) is 0 Å². The van der Waals surface area contributed by atoms with E-state index >= 15 is 0 Å². The molecule has 1 unspecified atom stereocenters. The van der Waals surface area contributed by atoms with Crippen LogP contribution in [0.3, 0.4) is 0 Å². The highest BCUT2D eigenvalue weighted by Gasteiger charge is 2.21. The molecule has 2 aliphatic rings. The molecule has 76 valence electrons. The van der Waals surface area contributed by atoms with E-state index in [0.717, 1.165) is 18.9 Å². The maximum Gasteiger partial charge on any atom is 0.0667 e. The number of nitrogens with zero attached hydrogens (tertiary/aromatic N) is 1. The van der Waals surface area contributed by atoms with Crippen LogP contribution in [0.1, 0.15) is 38.5 Å². The summed E-state index contributed by atoms with van der Waals surface area (Å²) in [7, 11) is 0. The maximum atomic E-state index is 9.47. The summed E-state index contributed by atoms with van der Waals surface area (Å²) in [4.78, 5) is 2.44. The molecule has 13 heavy (non-hydrogen) atoms. The summed E-state index contributed by atoms with van der Waals surface area (Å²) in [5.41, 5.74) is 0. The summed E-state index contributed by atoms with van der Waals surface area (Å²) in [5, 5.41) is 9.47. The van der Waals surface area contributed by atoms with Gasteiger partial charge in [-0.1, -0.05) is 19.3 Å². The molecule has 0 aromatic rings. The van der Waals surface area contributed by atoms with Crippen LogP contribution < -0.4 is 0 Å². The van der Waals surface area contributed by atoms with E-state index in [0.29, 0.717) is 0 Å². The van der Waals surface area contributed by atoms with Crippen molar-refractivity contribution < 1.29 is 5.11 Å². The molecule has 0 aromatic heterocycles. The number of β-amino-alcohol motifs (C(OH)–C–C–N with tert-alkyl or cyclic N) is 1. The number of piperidine rings is 1. The molecule has 0 spiro atoms. The molecule has 1 saturated heterocycles. The van der Waals surface area contributed by atoms with Crippen molar-refractivity contribution in [2.45, 2.75) is 44.6 Å². The van der Waals surface area contributed by atoms with Gasteiger partial charge in [0.15, 0.2) is 0 Å². The smallest absolute Gasteiger partial charge is 0.0667 e. The van der Waals surface area contributed by atoms with Crippen molar-refractivity contribution in [1.82, 2.24) is 4.90 Å². The van der Waals surface area contributed by atoms with Crippen LogP contribution in [0.4, 0.5) is 0 Å². The lowest BCUT2D eigenvalue weighted by Crippen LogP contribution is -2.39. The van der Waals surface area contributed by atoms with Gasteiger partial charge in [-0.3, -0.25) is 0 Å². The van der Waals surface area contributed by atoms with Crippen LogP contribution in [0.5, 0.6) is 0 Å². The van der Waals surface area contributed by atoms with Crippen molar-refractivity contribution in [2.24, 2.45) is 5.92 Å². The van der Waals surface area contributed by atoms with Crippen LogP contribution in [-0.4, -0.2) is 35.7 Å². The molecular weight excluding hydrogens is 162 g/mol. The lowest BCUT2D eigenvalue weighted by atomic mass is 9.83. The van der Waals surface area contributed by atoms with Gasteiger partial charge in [0, 0.05) is 6.54 Å². The zero-order chi connectivity index (χ0) is 9.10. The molecule has 2 rings (SSSR count). The standard InChI is InChI=1S/C11H21NO/c13-11-5-2-7-12(9-11)8-6-10-3-1-4-10/h10-11,13H,1-9H2. The molecule has 0 bridgehead atoms. The summed E-state index contributed by atoms with van der Waals surface area (Å²) >= 11 is 0. The van der Waals surface area contributed by atoms with Crippen LogP contribution in [0.15, 0.2) is 0 Å². The first kappa shape index (κ1) is 9.47. The second-order valence-electron chi connectivity index (χ2n) is 4.68. The first-order chi connectivity index (χ1) is 6.34. The second kappa shape index (κ2) is 4.43. The topological polar surface area (TPSA) is 23.5 Å². The number of aliphatic hydroxyl groups is 1. The number of hydrogen-bond donors (Lipinski definition) is 1. The van der Waals surface area contributed by atoms with Crippen molar-refractivity contribution in [3.05, 3.63) is 0 Å². The Labute approximate surface area is 80.9 Å². The molecule has 2 fully saturated rings. The SMILES string of the molecule is OC1CCCN(CCC2CCC2)C1. The average molecular weight is 183 g/mol. The molecule has 0 aromatic carbocycles. The lowest BCUT2D eigenvalue weighted by Gasteiger charge is -2.33. The number of likely N-dealkylation sites (tertiary alicyclic amines) is 1. The quantitative estimate of drug-likeness (QED) is 0.719. The highest BCUT2D eigenvalue weighted by atomic mass is 16.3. The van der Waals surface area contributed by atoms with Gasteiger partial charge in [0.25, 0.3) is 0 Å². The van der Waals surface area contributed by atoms with Crippen molar-refractivity contribution in [2.75, 3.05) is 19.6 Å². The monoisotopic (exact) mass is 183 g/mol. The molecule has 1 aliphatic carbocycles. The van der Waals surface area contributed by atoms with Gasteiger partial charge in [-0.2, -0.15) is 0 Å². The van der Waals surface area contributed by atoms with E-state index in [1.165, 1.54) is 45.2 Å². The molecule has 0 radical (unpaired) electrons. The maximum absolute atomic E-state index is 9.47. The first-order valence-electron chi connectivity index (χ1n) is 5.75. The fourth-order valence-electron chi connectivity index (χ4n) is 2.38. The van der Waals surface area contributed by atoms with E-state index in [1.807, 2.05) is 0 Å². The lowest BCUT2D eigenvalue weighted by molar-refractivity contribution is 0.0649. The van der Waals surface area contributed by atoms with Crippen molar-refractivity contribution in [3.63, 3.8) is 0 Å². The Morgan fingerprint density at radius 2 is 2.00 bits per heavy atom. The Hall–Kier alpha value is -0.0800. The third-order valence-corrected chi connectivity index (χ3v) is 3.56. The zero-order valence-corrected chi connectivity index (χ0v) is 8.41. The van der Waals surface area contributed by atoms with Crippen molar-refractivity contribution >= 4 is 0 Å². The van der Waals surface area contributed by atoms with Gasteiger partial charge in [0.1, 0.15) is 0 Å². The van der Waals surface area contributed by atoms with Crippen molar-refractivity contribution in [3.8, 4) is 0 Å². The van der Waals surface area contributed by atoms with Crippen molar-refractivity contribution in [1.29, 1.82) is 0 Å². The average Bonchev–Trinajstić information content (AvgIpc) is 2.01. The van der Waals surface area contributed by atoms with Gasteiger partial charge in [0.2, 0.25) is 0 Å². The first-order valence-corrected chi connectivity index (χ1v) is 5.75. The van der Waals surface area contributed by atoms with E-state index in [2.05, 4.69) is 4.90 Å².